The Balaban J connectivity index is 0.903. The number of hydrogen-bond donors (Lipinski definition) is 1. The predicted molar refractivity (Wildman–Crippen MR) is 589 cm³/mol. The van der Waals surface area contributed by atoms with Gasteiger partial charge in [-0.05, 0) is 280 Å². The molecule has 23 rings (SSSR count). The van der Waals surface area contributed by atoms with Crippen molar-refractivity contribution in [2.75, 3.05) is 15.1 Å². The normalized spacial score (nSPS) is 12.0. The van der Waals surface area contributed by atoms with Crippen molar-refractivity contribution in [3.63, 3.8) is 0 Å². The molecule has 4 heteroatoms. The Morgan fingerprint density at radius 2 is 0.471 bits per heavy atom. The van der Waals surface area contributed by atoms with Crippen LogP contribution in [0.1, 0.15) is 52.7 Å². The van der Waals surface area contributed by atoms with E-state index in [1.165, 1.54) is 66.6 Å². The Hall–Kier alpha value is -16.9. The first-order valence-corrected chi connectivity index (χ1v) is 48.2. The molecule has 0 fully saturated rings. The molecule has 0 aliphatic carbocycles. The molecule has 0 amide bonds. The summed E-state index contributed by atoms with van der Waals surface area (Å²) in [4.78, 5) is 5.28. The van der Waals surface area contributed by atoms with E-state index in [0.717, 1.165) is 173 Å². The van der Waals surface area contributed by atoms with Crippen molar-refractivity contribution < 1.29 is 0 Å². The maximum Gasteiger partial charge on any atom is 0.252 e. The molecule has 0 radical (unpaired) electrons. The van der Waals surface area contributed by atoms with Gasteiger partial charge in [0.05, 0.1) is 11.4 Å². The van der Waals surface area contributed by atoms with E-state index in [1.54, 1.807) is 0 Å². The zero-order chi connectivity index (χ0) is 93.0. The Morgan fingerprint density at radius 1 is 0.210 bits per heavy atom. The monoisotopic (exact) mass is 1760 g/mol. The highest BCUT2D eigenvalue weighted by atomic mass is 15.2. The average Bonchev–Trinajstić information content (AvgIpc) is 0.685. The Bertz CT molecular complexity index is 7730. The lowest BCUT2D eigenvalue weighted by atomic mass is 9.33. The molecule has 0 saturated heterocycles. The molecular weight excluding hydrogens is 1660 g/mol. The molecule has 0 bridgehead atoms. The van der Waals surface area contributed by atoms with Crippen LogP contribution in [0.5, 0.6) is 0 Å². The molecule has 0 unspecified atom stereocenters. The summed E-state index contributed by atoms with van der Waals surface area (Å²) in [5.74, 6) is 0. The van der Waals surface area contributed by atoms with E-state index in [4.69, 9.17) is 0 Å². The molecule has 2 aliphatic rings. The van der Waals surface area contributed by atoms with Gasteiger partial charge in [0.25, 0.3) is 6.71 Å². The highest BCUT2D eigenvalue weighted by Gasteiger charge is 2.46. The van der Waals surface area contributed by atoms with Crippen molar-refractivity contribution >= 4 is 68.6 Å². The lowest BCUT2D eigenvalue weighted by Crippen LogP contribution is -2.60. The van der Waals surface area contributed by atoms with Gasteiger partial charge in [-0.25, -0.2) is 0 Å². The summed E-state index contributed by atoms with van der Waals surface area (Å²) in [6.45, 7) is 13.8. The molecule has 1 N–H and O–H groups in total. The molecule has 0 atom stereocenters. The van der Waals surface area contributed by atoms with Crippen LogP contribution < -0.4 is 31.5 Å². The first-order valence-electron chi connectivity index (χ1n) is 48.2. The van der Waals surface area contributed by atoms with Gasteiger partial charge < -0.3 is 15.1 Å². The third kappa shape index (κ3) is 16.1. The Kier molecular flexibility index (Phi) is 22.3. The molecule has 2 heterocycles. The lowest BCUT2D eigenvalue weighted by Gasteiger charge is -2.44. The average molecular weight is 1770 g/mol. The third-order valence-corrected chi connectivity index (χ3v) is 27.8. The van der Waals surface area contributed by atoms with Gasteiger partial charge in [0.1, 0.15) is 0 Å². The van der Waals surface area contributed by atoms with Crippen molar-refractivity contribution in [3.05, 3.63) is 515 Å². The van der Waals surface area contributed by atoms with Gasteiger partial charge in [-0.2, -0.15) is 0 Å². The van der Waals surface area contributed by atoms with Crippen LogP contribution >= 0.6 is 0 Å². The van der Waals surface area contributed by atoms with Crippen molar-refractivity contribution in [1.82, 2.24) is 0 Å². The number of fused-ring (bicyclic) bond motifs is 4. The van der Waals surface area contributed by atoms with Crippen molar-refractivity contribution in [3.8, 4) is 167 Å². The molecule has 0 aromatic heterocycles. The minimum Gasteiger partial charge on any atom is -0.356 e. The second-order valence-electron chi connectivity index (χ2n) is 38.6. The fourth-order valence-electron chi connectivity index (χ4n) is 21.6. The highest BCUT2D eigenvalue weighted by molar-refractivity contribution is 7.00. The SMILES string of the molecule is CC(C)(C)c1c(-c2ccccc2)cc(-c2cc(-c3ccccc3)c(N3c4ccc(-c5ccccc5)cc4B4c5cc(-c6ccccc6)ccc5Nc5c4c3cc(N(c3ccc(-c4ccccc4)cc3)c3ccc(-c4ccccc4)cc3)c5-c3cc(-c4ccccc4)c(-c4cc(-c5ccccc5)c(C(C)(C)C)c(-c5ccccc5)c4)c(-c4ccccc4)c3)c(-c3ccccc3)c2)cc1-c1ccccc1. The number of rotatable bonds is 19. The summed E-state index contributed by atoms with van der Waals surface area (Å²) >= 11 is 0. The minimum atomic E-state index is -0.384. The molecule has 2 aliphatic heterocycles. The van der Waals surface area contributed by atoms with E-state index in [9.17, 15) is 0 Å². The molecular formula is C134H102BN3. The van der Waals surface area contributed by atoms with E-state index in [1.807, 2.05) is 0 Å². The van der Waals surface area contributed by atoms with Gasteiger partial charge in [0.2, 0.25) is 0 Å². The van der Waals surface area contributed by atoms with Crippen LogP contribution in [0.25, 0.3) is 167 Å². The molecule has 0 spiro atoms. The molecule has 0 saturated carbocycles. The summed E-state index contributed by atoms with van der Waals surface area (Å²) in [6.07, 6.45) is 0. The van der Waals surface area contributed by atoms with Crippen LogP contribution in [-0.4, -0.2) is 6.71 Å². The third-order valence-electron chi connectivity index (χ3n) is 27.8. The zero-order valence-corrected chi connectivity index (χ0v) is 78.4. The highest BCUT2D eigenvalue weighted by Crippen LogP contribution is 2.59. The Labute approximate surface area is 811 Å². The van der Waals surface area contributed by atoms with Crippen molar-refractivity contribution in [1.29, 1.82) is 0 Å². The smallest absolute Gasteiger partial charge is 0.252 e. The van der Waals surface area contributed by atoms with Crippen LogP contribution in [0.15, 0.2) is 504 Å². The first-order chi connectivity index (χ1) is 67.7. The van der Waals surface area contributed by atoms with Crippen LogP contribution in [0.4, 0.5) is 45.5 Å². The van der Waals surface area contributed by atoms with Gasteiger partial charge in [-0.15, -0.1) is 0 Å². The summed E-state index contributed by atoms with van der Waals surface area (Å²) in [5, 5.41) is 4.59. The van der Waals surface area contributed by atoms with Crippen molar-refractivity contribution in [2.24, 2.45) is 0 Å². The second-order valence-corrected chi connectivity index (χ2v) is 38.6. The van der Waals surface area contributed by atoms with E-state index < -0.39 is 0 Å². The molecule has 21 aromatic rings. The van der Waals surface area contributed by atoms with Crippen LogP contribution in [-0.2, 0) is 10.8 Å². The second kappa shape index (κ2) is 36.1. The molecule has 138 heavy (non-hydrogen) atoms. The Morgan fingerprint density at radius 3 is 0.812 bits per heavy atom. The van der Waals surface area contributed by atoms with Crippen molar-refractivity contribution in [2.45, 2.75) is 52.4 Å². The van der Waals surface area contributed by atoms with Crippen LogP contribution in [0.2, 0.25) is 0 Å². The fraction of sp³-hybridized carbons (Fsp3) is 0.0597. The quantitative estimate of drug-likeness (QED) is 0.0814. The number of benzene rings is 21. The zero-order valence-electron chi connectivity index (χ0n) is 78.4. The van der Waals surface area contributed by atoms with E-state index in [-0.39, 0.29) is 17.5 Å². The minimum absolute atomic E-state index is 0.251. The predicted octanol–water partition coefficient (Wildman–Crippen LogP) is 35.1. The van der Waals surface area contributed by atoms with E-state index >= 15 is 0 Å². The summed E-state index contributed by atoms with van der Waals surface area (Å²) in [6, 6.07) is 189. The van der Waals surface area contributed by atoms with Gasteiger partial charge in [0, 0.05) is 50.8 Å². The molecule has 656 valence electrons. The largest absolute Gasteiger partial charge is 0.356 e. The van der Waals surface area contributed by atoms with E-state index in [2.05, 4.69) is 560 Å². The summed E-state index contributed by atoms with van der Waals surface area (Å²) in [5.41, 5.74) is 47.4. The fourth-order valence-corrected chi connectivity index (χ4v) is 21.6. The van der Waals surface area contributed by atoms with Crippen LogP contribution in [0, 0.1) is 0 Å². The standard InChI is InChI=1S/C134H102BN3/c1-133(2,3)128-114(98-55-31-13-32-56-98)79-106(80-115(128)99-57-33-14-34-58-99)107-81-118(102-63-39-17-40-64-102)132(119(82-107)103-65-41-18-42-66-103)138-123-78-72-105(93-49-25-10-26-50-93)88-121(123)135-120-87-104(92-47-23-9-24-48-92)71-77-122(120)136-131-127(124(89-125(138)130(131)135)137(110-73-67-94(68-74-110)90-43-19-7-20-44-90)111-75-69-95(70-76-111)91-45-21-8-22-46-91)109-83-112(96-51-27-11-28-52-96)126(113(84-109)97-53-29-12-30-54-97)108-85-116(100-59-35-15-36-60-100)129(134(4,5)6)117(86-108)101-61-37-16-38-62-101/h7-89,136H,1-6H3. The lowest BCUT2D eigenvalue weighted by molar-refractivity contribution is 0.593. The first kappa shape index (κ1) is 85.3. The van der Waals surface area contributed by atoms with Gasteiger partial charge in [0.15, 0.2) is 0 Å². The number of anilines is 8. The molecule has 21 aromatic carbocycles. The summed E-state index contributed by atoms with van der Waals surface area (Å²) in [7, 11) is 0. The number of hydrogen-bond acceptors (Lipinski definition) is 3. The maximum atomic E-state index is 4.59. The topological polar surface area (TPSA) is 18.5 Å². The number of nitrogens with zero attached hydrogens (tertiary/aromatic N) is 2. The van der Waals surface area contributed by atoms with Gasteiger partial charge >= 0.3 is 0 Å². The summed E-state index contributed by atoms with van der Waals surface area (Å²) < 4.78 is 0. The van der Waals surface area contributed by atoms with Crippen LogP contribution in [0.3, 0.4) is 0 Å². The molecule has 3 nitrogen and oxygen atoms in total. The van der Waals surface area contributed by atoms with E-state index in [0.29, 0.717) is 0 Å². The van der Waals surface area contributed by atoms with Gasteiger partial charge in [-0.3, -0.25) is 0 Å². The maximum absolute atomic E-state index is 4.59. The van der Waals surface area contributed by atoms with Gasteiger partial charge in [-0.1, -0.05) is 454 Å². The number of nitrogens with one attached hydrogen (secondary N) is 1.